The standard InChI is InChI=1S/C19H19N3O4/c1-24-14-6-4-12(5-7-14)18-17(11-20-22-18)19(23)21-13-8-15(25-2)10-16(9-13)26-3/h4-11H,1-3H3,(H,20,22)(H,21,23). The quantitative estimate of drug-likeness (QED) is 0.710. The fourth-order valence-corrected chi connectivity index (χ4v) is 2.51. The molecule has 1 heterocycles. The maximum absolute atomic E-state index is 12.7. The topological polar surface area (TPSA) is 85.5 Å². The van der Waals surface area contributed by atoms with Crippen molar-refractivity contribution in [3.05, 3.63) is 54.2 Å². The summed E-state index contributed by atoms with van der Waals surface area (Å²) in [6.07, 6.45) is 1.49. The number of hydrogen-bond acceptors (Lipinski definition) is 5. The fourth-order valence-electron chi connectivity index (χ4n) is 2.51. The Kier molecular flexibility index (Phi) is 5.07. The van der Waals surface area contributed by atoms with Gasteiger partial charge < -0.3 is 19.5 Å². The number of H-pyrrole nitrogens is 1. The fraction of sp³-hybridized carbons (Fsp3) is 0.158. The van der Waals surface area contributed by atoms with Gasteiger partial charge in [0.2, 0.25) is 0 Å². The average Bonchev–Trinajstić information content (AvgIpc) is 3.17. The molecule has 3 rings (SSSR count). The molecule has 2 aromatic carbocycles. The van der Waals surface area contributed by atoms with Crippen molar-refractivity contribution in [3.8, 4) is 28.5 Å². The van der Waals surface area contributed by atoms with Crippen molar-refractivity contribution >= 4 is 11.6 Å². The smallest absolute Gasteiger partial charge is 0.259 e. The van der Waals surface area contributed by atoms with Crippen LogP contribution in [0.2, 0.25) is 0 Å². The minimum absolute atomic E-state index is 0.292. The van der Waals surface area contributed by atoms with Gasteiger partial charge in [-0.1, -0.05) is 0 Å². The second-order valence-electron chi connectivity index (χ2n) is 5.44. The molecule has 0 aliphatic rings. The maximum atomic E-state index is 12.7. The van der Waals surface area contributed by atoms with Crippen LogP contribution in [0.5, 0.6) is 17.2 Å². The molecule has 7 heteroatoms. The summed E-state index contributed by atoms with van der Waals surface area (Å²) in [5.41, 5.74) is 2.45. The lowest BCUT2D eigenvalue weighted by Crippen LogP contribution is -2.12. The van der Waals surface area contributed by atoms with Crippen molar-refractivity contribution in [1.29, 1.82) is 0 Å². The number of benzene rings is 2. The highest BCUT2D eigenvalue weighted by molar-refractivity contribution is 6.08. The van der Waals surface area contributed by atoms with Gasteiger partial charge in [-0.25, -0.2) is 0 Å². The SMILES string of the molecule is COc1ccc(-c2[nH]ncc2C(=O)Nc2cc(OC)cc(OC)c2)cc1. The number of methoxy groups -OCH3 is 3. The molecule has 2 N–H and O–H groups in total. The van der Waals surface area contributed by atoms with Crippen LogP contribution in [0.15, 0.2) is 48.7 Å². The Hall–Kier alpha value is -3.48. The molecule has 0 bridgehead atoms. The highest BCUT2D eigenvalue weighted by atomic mass is 16.5. The molecule has 3 aromatic rings. The van der Waals surface area contributed by atoms with Gasteiger partial charge in [0.05, 0.1) is 38.8 Å². The zero-order chi connectivity index (χ0) is 18.5. The number of ether oxygens (including phenoxy) is 3. The Labute approximate surface area is 150 Å². The van der Waals surface area contributed by atoms with Crippen molar-refractivity contribution in [2.75, 3.05) is 26.6 Å². The summed E-state index contributed by atoms with van der Waals surface area (Å²) in [5.74, 6) is 1.62. The van der Waals surface area contributed by atoms with Crippen LogP contribution in [0.1, 0.15) is 10.4 Å². The molecule has 1 amide bonds. The third kappa shape index (κ3) is 3.61. The number of amides is 1. The zero-order valence-corrected chi connectivity index (χ0v) is 14.7. The van der Waals surface area contributed by atoms with E-state index >= 15 is 0 Å². The van der Waals surface area contributed by atoms with E-state index in [2.05, 4.69) is 15.5 Å². The molecule has 0 saturated carbocycles. The van der Waals surface area contributed by atoms with E-state index in [0.29, 0.717) is 28.4 Å². The van der Waals surface area contributed by atoms with Gasteiger partial charge in [-0.15, -0.1) is 0 Å². The first-order valence-corrected chi connectivity index (χ1v) is 7.87. The predicted molar refractivity (Wildman–Crippen MR) is 98.1 cm³/mol. The second kappa shape index (κ2) is 7.60. The average molecular weight is 353 g/mol. The molecule has 26 heavy (non-hydrogen) atoms. The Bertz CT molecular complexity index is 881. The molecule has 0 radical (unpaired) electrons. The number of carbonyl (C=O) groups is 1. The molecular formula is C19H19N3O4. The van der Waals surface area contributed by atoms with Crippen LogP contribution in [0, 0.1) is 0 Å². The van der Waals surface area contributed by atoms with Crippen molar-refractivity contribution in [3.63, 3.8) is 0 Å². The van der Waals surface area contributed by atoms with Crippen molar-refractivity contribution in [1.82, 2.24) is 10.2 Å². The number of nitrogens with one attached hydrogen (secondary N) is 2. The summed E-state index contributed by atoms with van der Waals surface area (Å²) in [4.78, 5) is 12.7. The summed E-state index contributed by atoms with van der Waals surface area (Å²) in [7, 11) is 4.71. The van der Waals surface area contributed by atoms with Gasteiger partial charge in [0.1, 0.15) is 17.2 Å². The minimum atomic E-state index is -0.292. The third-order valence-electron chi connectivity index (χ3n) is 3.87. The lowest BCUT2D eigenvalue weighted by Gasteiger charge is -2.10. The summed E-state index contributed by atoms with van der Waals surface area (Å²) in [6, 6.07) is 12.5. The summed E-state index contributed by atoms with van der Waals surface area (Å²) >= 11 is 0. The maximum Gasteiger partial charge on any atom is 0.259 e. The number of nitrogens with zero attached hydrogens (tertiary/aromatic N) is 1. The lowest BCUT2D eigenvalue weighted by atomic mass is 10.1. The van der Waals surface area contributed by atoms with Crippen molar-refractivity contribution in [2.45, 2.75) is 0 Å². The summed E-state index contributed by atoms with van der Waals surface area (Å²) < 4.78 is 15.6. The molecule has 0 aliphatic heterocycles. The van der Waals surface area contributed by atoms with Crippen LogP contribution in [0.3, 0.4) is 0 Å². The van der Waals surface area contributed by atoms with E-state index in [4.69, 9.17) is 14.2 Å². The van der Waals surface area contributed by atoms with Gasteiger partial charge in [0.15, 0.2) is 0 Å². The van der Waals surface area contributed by atoms with E-state index in [0.717, 1.165) is 11.3 Å². The first kappa shape index (κ1) is 17.3. The number of anilines is 1. The van der Waals surface area contributed by atoms with Crippen LogP contribution in [0.25, 0.3) is 11.3 Å². The molecule has 0 atom stereocenters. The van der Waals surface area contributed by atoms with Crippen LogP contribution >= 0.6 is 0 Å². The van der Waals surface area contributed by atoms with Crippen LogP contribution in [-0.4, -0.2) is 37.4 Å². The number of rotatable bonds is 6. The third-order valence-corrected chi connectivity index (χ3v) is 3.87. The van der Waals surface area contributed by atoms with Gasteiger partial charge in [0, 0.05) is 29.4 Å². The largest absolute Gasteiger partial charge is 0.497 e. The number of hydrogen-bond donors (Lipinski definition) is 2. The minimum Gasteiger partial charge on any atom is -0.497 e. The van der Waals surface area contributed by atoms with Crippen LogP contribution in [-0.2, 0) is 0 Å². The van der Waals surface area contributed by atoms with E-state index in [9.17, 15) is 4.79 Å². The Morgan fingerprint density at radius 1 is 0.923 bits per heavy atom. The molecule has 0 aliphatic carbocycles. The van der Waals surface area contributed by atoms with E-state index in [1.165, 1.54) is 6.20 Å². The molecule has 0 fully saturated rings. The first-order chi connectivity index (χ1) is 12.6. The molecule has 7 nitrogen and oxygen atoms in total. The number of aromatic amines is 1. The zero-order valence-electron chi connectivity index (χ0n) is 14.7. The van der Waals surface area contributed by atoms with Crippen molar-refractivity contribution < 1.29 is 19.0 Å². The number of carbonyl (C=O) groups excluding carboxylic acids is 1. The molecule has 0 unspecified atom stereocenters. The number of aromatic nitrogens is 2. The van der Waals surface area contributed by atoms with Crippen molar-refractivity contribution in [2.24, 2.45) is 0 Å². The molecule has 0 saturated heterocycles. The van der Waals surface area contributed by atoms with Crippen LogP contribution < -0.4 is 19.5 Å². The first-order valence-electron chi connectivity index (χ1n) is 7.87. The van der Waals surface area contributed by atoms with Gasteiger partial charge >= 0.3 is 0 Å². The highest BCUT2D eigenvalue weighted by Crippen LogP contribution is 2.28. The lowest BCUT2D eigenvalue weighted by molar-refractivity contribution is 0.102. The summed E-state index contributed by atoms with van der Waals surface area (Å²) in [5, 5.41) is 9.72. The summed E-state index contributed by atoms with van der Waals surface area (Å²) in [6.45, 7) is 0. The van der Waals surface area contributed by atoms with Gasteiger partial charge in [0.25, 0.3) is 5.91 Å². The van der Waals surface area contributed by atoms with E-state index < -0.39 is 0 Å². The van der Waals surface area contributed by atoms with Gasteiger partial charge in [-0.3, -0.25) is 9.89 Å². The second-order valence-corrected chi connectivity index (χ2v) is 5.44. The predicted octanol–water partition coefficient (Wildman–Crippen LogP) is 3.35. The Morgan fingerprint density at radius 2 is 1.54 bits per heavy atom. The Morgan fingerprint density at radius 3 is 2.12 bits per heavy atom. The normalized spacial score (nSPS) is 10.3. The van der Waals surface area contributed by atoms with E-state index in [-0.39, 0.29) is 5.91 Å². The van der Waals surface area contributed by atoms with E-state index in [1.807, 2.05) is 24.3 Å². The Balaban J connectivity index is 1.86. The monoisotopic (exact) mass is 353 g/mol. The van der Waals surface area contributed by atoms with Gasteiger partial charge in [-0.05, 0) is 24.3 Å². The molecule has 134 valence electrons. The highest BCUT2D eigenvalue weighted by Gasteiger charge is 2.16. The van der Waals surface area contributed by atoms with E-state index in [1.54, 1.807) is 39.5 Å². The van der Waals surface area contributed by atoms with Gasteiger partial charge in [-0.2, -0.15) is 5.10 Å². The molecule has 0 spiro atoms. The molecule has 1 aromatic heterocycles. The van der Waals surface area contributed by atoms with Crippen LogP contribution in [0.4, 0.5) is 5.69 Å². The molecular weight excluding hydrogens is 334 g/mol.